The van der Waals surface area contributed by atoms with Crippen LogP contribution < -0.4 is 4.46 Å². The van der Waals surface area contributed by atoms with E-state index in [0.29, 0.717) is 15.0 Å². The predicted molar refractivity (Wildman–Crippen MR) is 82.3 cm³/mol. The van der Waals surface area contributed by atoms with Crippen molar-refractivity contribution in [2.75, 3.05) is 14.1 Å². The van der Waals surface area contributed by atoms with Gasteiger partial charge in [-0.15, -0.1) is 0 Å². The van der Waals surface area contributed by atoms with Crippen LogP contribution in [0.1, 0.15) is 12.5 Å². The maximum atomic E-state index is 4.14. The van der Waals surface area contributed by atoms with Gasteiger partial charge in [-0.25, -0.2) is 0 Å². The van der Waals surface area contributed by atoms with E-state index in [4.69, 9.17) is 0 Å². The van der Waals surface area contributed by atoms with Gasteiger partial charge in [0.05, 0.1) is 0 Å². The molecule has 0 unspecified atom stereocenters. The Hall–Kier alpha value is -1.08. The molecule has 0 saturated carbocycles. The van der Waals surface area contributed by atoms with Crippen LogP contribution in [0.15, 0.2) is 59.6 Å². The van der Waals surface area contributed by atoms with Gasteiger partial charge in [0, 0.05) is 0 Å². The molecule has 0 atom stereocenters. The third kappa shape index (κ3) is 5.50. The quantitative estimate of drug-likeness (QED) is 0.577. The molecule has 1 aromatic rings. The summed E-state index contributed by atoms with van der Waals surface area (Å²) in [4.78, 5) is 2.20. The number of hydrogen-bond acceptors (Lipinski definition) is 1. The van der Waals surface area contributed by atoms with Gasteiger partial charge in [-0.3, -0.25) is 0 Å². The summed E-state index contributed by atoms with van der Waals surface area (Å²) >= 11 is 0.310. The fourth-order valence-corrected chi connectivity index (χ4v) is 3.29. The van der Waals surface area contributed by atoms with Gasteiger partial charge in [0.15, 0.2) is 0 Å². The van der Waals surface area contributed by atoms with E-state index in [0.717, 1.165) is 6.54 Å². The molecular weight excluding hydrogens is 285 g/mol. The Morgan fingerprint density at radius 3 is 2.67 bits per heavy atom. The van der Waals surface area contributed by atoms with Crippen molar-refractivity contribution in [3.05, 3.63) is 65.2 Å². The molecule has 0 aliphatic carbocycles. The van der Waals surface area contributed by atoms with Crippen molar-refractivity contribution in [2.45, 2.75) is 13.5 Å². The Kier molecular flexibility index (Phi) is 6.74. The van der Waals surface area contributed by atoms with Crippen LogP contribution in [-0.2, 0) is 6.54 Å². The molecular formula is C16H21NSe. The van der Waals surface area contributed by atoms with Gasteiger partial charge < -0.3 is 0 Å². The van der Waals surface area contributed by atoms with Crippen LogP contribution in [0.25, 0.3) is 0 Å². The van der Waals surface area contributed by atoms with Crippen molar-refractivity contribution in [1.82, 2.24) is 4.90 Å². The first kappa shape index (κ1) is 15.0. The van der Waals surface area contributed by atoms with E-state index in [-0.39, 0.29) is 0 Å². The molecule has 0 heterocycles. The monoisotopic (exact) mass is 307 g/mol. The number of benzene rings is 1. The molecule has 1 rings (SSSR count). The molecule has 0 saturated heterocycles. The average Bonchev–Trinajstić information content (AvgIpc) is 2.31. The van der Waals surface area contributed by atoms with Gasteiger partial charge in [-0.2, -0.15) is 0 Å². The van der Waals surface area contributed by atoms with Crippen LogP contribution in [-0.4, -0.2) is 34.0 Å². The fraction of sp³-hybridized carbons (Fsp3) is 0.250. The third-order valence-electron chi connectivity index (χ3n) is 2.29. The standard InChI is InChI=1S/C16H21NSe/c1-5-6-7-10-14(2)18-16-12-9-8-11-15(16)13-17(3)4/h5-12H,2,13H2,1,3-4H3/b6-5-,10-7-. The van der Waals surface area contributed by atoms with Crippen molar-refractivity contribution in [3.8, 4) is 0 Å². The minimum absolute atomic E-state index is 0.310. The molecule has 0 N–H and O–H groups in total. The molecule has 0 radical (unpaired) electrons. The molecule has 0 bridgehead atoms. The zero-order valence-corrected chi connectivity index (χ0v) is 13.1. The van der Waals surface area contributed by atoms with Crippen molar-refractivity contribution in [3.63, 3.8) is 0 Å². The van der Waals surface area contributed by atoms with Crippen LogP contribution in [0.3, 0.4) is 0 Å². The molecule has 2 heteroatoms. The Labute approximate surface area is 117 Å². The SMILES string of the molecule is C=C(/C=C\C=C/C)[Se]c1ccccc1CN(C)C. The van der Waals surface area contributed by atoms with Gasteiger partial charge in [0.1, 0.15) is 0 Å². The summed E-state index contributed by atoms with van der Waals surface area (Å²) < 4.78 is 2.63. The van der Waals surface area contributed by atoms with E-state index in [1.54, 1.807) is 0 Å². The first-order valence-corrected chi connectivity index (χ1v) is 7.73. The molecule has 96 valence electrons. The van der Waals surface area contributed by atoms with Crippen molar-refractivity contribution in [1.29, 1.82) is 0 Å². The van der Waals surface area contributed by atoms with Gasteiger partial charge in [0.2, 0.25) is 0 Å². The van der Waals surface area contributed by atoms with Crippen molar-refractivity contribution < 1.29 is 0 Å². The van der Waals surface area contributed by atoms with E-state index in [1.807, 2.05) is 19.1 Å². The van der Waals surface area contributed by atoms with Crippen LogP contribution in [0.2, 0.25) is 0 Å². The average molecular weight is 306 g/mol. The molecule has 0 aromatic heterocycles. The summed E-state index contributed by atoms with van der Waals surface area (Å²) in [6.45, 7) is 7.14. The van der Waals surface area contributed by atoms with Crippen LogP contribution in [0, 0.1) is 0 Å². The minimum atomic E-state index is 0.310. The summed E-state index contributed by atoms with van der Waals surface area (Å²) in [6.07, 6.45) is 8.22. The molecule has 18 heavy (non-hydrogen) atoms. The molecule has 1 aromatic carbocycles. The molecule has 0 fully saturated rings. The molecule has 0 spiro atoms. The summed E-state index contributed by atoms with van der Waals surface area (Å²) in [5, 5.41) is 0. The number of allylic oxidation sites excluding steroid dienone is 5. The number of rotatable bonds is 6. The fourth-order valence-electron chi connectivity index (χ4n) is 1.52. The van der Waals surface area contributed by atoms with Crippen molar-refractivity contribution >= 4 is 19.4 Å². The van der Waals surface area contributed by atoms with Gasteiger partial charge in [-0.1, -0.05) is 0 Å². The summed E-state index contributed by atoms with van der Waals surface area (Å²) in [6, 6.07) is 8.64. The Morgan fingerprint density at radius 1 is 1.28 bits per heavy atom. The van der Waals surface area contributed by atoms with E-state index in [9.17, 15) is 0 Å². The second-order valence-corrected chi connectivity index (χ2v) is 6.75. The number of nitrogens with zero attached hydrogens (tertiary/aromatic N) is 1. The van der Waals surface area contributed by atoms with Crippen molar-refractivity contribution in [2.24, 2.45) is 0 Å². The normalized spacial score (nSPS) is 11.8. The first-order chi connectivity index (χ1) is 8.63. The molecule has 0 amide bonds. The van der Waals surface area contributed by atoms with E-state index < -0.39 is 0 Å². The van der Waals surface area contributed by atoms with E-state index in [2.05, 4.69) is 62.0 Å². The maximum absolute atomic E-state index is 4.14. The summed E-state index contributed by atoms with van der Waals surface area (Å²) in [7, 11) is 4.20. The molecule has 0 aliphatic heterocycles. The molecule has 0 aliphatic rings. The second-order valence-electron chi connectivity index (χ2n) is 4.30. The van der Waals surface area contributed by atoms with Gasteiger partial charge in [-0.05, 0) is 0 Å². The van der Waals surface area contributed by atoms with E-state index >= 15 is 0 Å². The van der Waals surface area contributed by atoms with E-state index in [1.165, 1.54) is 14.5 Å². The van der Waals surface area contributed by atoms with Crippen LogP contribution >= 0.6 is 0 Å². The predicted octanol–water partition coefficient (Wildman–Crippen LogP) is 2.72. The Morgan fingerprint density at radius 2 is 2.00 bits per heavy atom. The zero-order chi connectivity index (χ0) is 13.4. The summed E-state index contributed by atoms with van der Waals surface area (Å²) in [5.41, 5.74) is 1.41. The second kappa shape index (κ2) is 8.10. The number of hydrogen-bond donors (Lipinski definition) is 0. The van der Waals surface area contributed by atoms with Gasteiger partial charge >= 0.3 is 117 Å². The van der Waals surface area contributed by atoms with Crippen LogP contribution in [0.5, 0.6) is 0 Å². The summed E-state index contributed by atoms with van der Waals surface area (Å²) in [5.74, 6) is 0. The third-order valence-corrected chi connectivity index (χ3v) is 4.42. The van der Waals surface area contributed by atoms with Crippen LogP contribution in [0.4, 0.5) is 0 Å². The first-order valence-electron chi connectivity index (χ1n) is 6.02. The molecule has 1 nitrogen and oxygen atoms in total. The Bertz CT molecular complexity index is 444. The topological polar surface area (TPSA) is 3.24 Å². The zero-order valence-electron chi connectivity index (χ0n) is 11.4. The van der Waals surface area contributed by atoms with Gasteiger partial charge in [0.25, 0.3) is 0 Å². The Balaban J connectivity index is 2.74.